The number of aryl methyl sites for hydroxylation is 5. The van der Waals surface area contributed by atoms with Gasteiger partial charge in [0.2, 0.25) is 0 Å². The molecule has 26 heavy (non-hydrogen) atoms. The normalized spacial score (nSPS) is 13.6. The Labute approximate surface area is 161 Å². The second-order valence-corrected chi connectivity index (χ2v) is 8.86. The average molecular weight is 374 g/mol. The van der Waals surface area contributed by atoms with Crippen LogP contribution in [0.1, 0.15) is 63.0 Å². The molecule has 1 atom stereocenters. The summed E-state index contributed by atoms with van der Waals surface area (Å²) in [6, 6.07) is 8.54. The molecule has 2 rings (SSSR count). The Morgan fingerprint density at radius 1 is 1.12 bits per heavy atom. The number of hydrogen-bond donors (Lipinski definition) is 2. The zero-order chi connectivity index (χ0) is 19.3. The molecule has 4 heteroatoms. The van der Waals surface area contributed by atoms with Crippen molar-refractivity contribution in [3.05, 3.63) is 56.3 Å². The second-order valence-electron chi connectivity index (χ2n) is 7.72. The lowest BCUT2D eigenvalue weighted by Gasteiger charge is -2.21. The van der Waals surface area contributed by atoms with E-state index in [0.29, 0.717) is 12.8 Å². The average Bonchev–Trinajstić information content (AvgIpc) is 2.97. The molecule has 0 radical (unpaired) electrons. The molecule has 3 N–H and O–H groups in total. The van der Waals surface area contributed by atoms with Crippen molar-refractivity contribution >= 4 is 17.1 Å². The highest BCUT2D eigenvalue weighted by molar-refractivity contribution is 7.14. The van der Waals surface area contributed by atoms with E-state index in [2.05, 4.69) is 32.0 Å². The minimum Gasteiger partial charge on any atom is -0.394 e. The van der Waals surface area contributed by atoms with Crippen LogP contribution in [0.5, 0.6) is 0 Å². The number of Topliss-reactive ketones (excluding diaryl/α,β-unsaturated/α-hetero) is 1. The van der Waals surface area contributed by atoms with Gasteiger partial charge in [0.05, 0.1) is 11.5 Å². The van der Waals surface area contributed by atoms with Crippen LogP contribution in [0.2, 0.25) is 0 Å². The molecule has 0 fully saturated rings. The molecule has 0 aliphatic carbocycles. The maximum atomic E-state index is 12.5. The third kappa shape index (κ3) is 5.76. The summed E-state index contributed by atoms with van der Waals surface area (Å²) in [7, 11) is 0. The fourth-order valence-electron chi connectivity index (χ4n) is 2.92. The summed E-state index contributed by atoms with van der Waals surface area (Å²) in [4.78, 5) is 14.6. The van der Waals surface area contributed by atoms with Crippen molar-refractivity contribution in [2.24, 2.45) is 5.73 Å². The molecule has 0 saturated heterocycles. The molecule has 142 valence electrons. The van der Waals surface area contributed by atoms with E-state index < -0.39 is 5.54 Å². The summed E-state index contributed by atoms with van der Waals surface area (Å²) in [5.41, 5.74) is 10.5. The highest BCUT2D eigenvalue weighted by Gasteiger charge is 2.19. The summed E-state index contributed by atoms with van der Waals surface area (Å²) in [6.45, 7) is 8.12. The summed E-state index contributed by atoms with van der Waals surface area (Å²) in [5, 5.41) is 9.28. The van der Waals surface area contributed by atoms with E-state index in [4.69, 9.17) is 5.73 Å². The van der Waals surface area contributed by atoms with Gasteiger partial charge in [-0.3, -0.25) is 4.79 Å². The number of hydrogen-bond acceptors (Lipinski definition) is 4. The molecule has 2 aromatic rings. The van der Waals surface area contributed by atoms with Gasteiger partial charge in [-0.05, 0) is 81.7 Å². The number of carbonyl (C=O) groups excluding carboxylic acids is 1. The summed E-state index contributed by atoms with van der Waals surface area (Å²) in [6.07, 6.45) is 3.91. The molecule has 1 aromatic heterocycles. The first-order valence-corrected chi connectivity index (χ1v) is 10.1. The maximum Gasteiger partial charge on any atom is 0.172 e. The number of ketones is 1. The molecule has 0 spiro atoms. The van der Waals surface area contributed by atoms with Gasteiger partial charge in [0.15, 0.2) is 5.78 Å². The van der Waals surface area contributed by atoms with Crippen molar-refractivity contribution in [3.8, 4) is 0 Å². The van der Waals surface area contributed by atoms with E-state index in [1.54, 1.807) is 11.3 Å². The van der Waals surface area contributed by atoms with Crippen LogP contribution in [0, 0.1) is 20.8 Å². The van der Waals surface area contributed by atoms with Gasteiger partial charge in [-0.2, -0.15) is 0 Å². The molecule has 0 unspecified atom stereocenters. The number of thiophene rings is 1. The van der Waals surface area contributed by atoms with Crippen LogP contribution in [-0.2, 0) is 12.8 Å². The Kier molecular flexibility index (Phi) is 7.16. The second kappa shape index (κ2) is 8.94. The van der Waals surface area contributed by atoms with E-state index in [1.807, 2.05) is 19.9 Å². The van der Waals surface area contributed by atoms with Gasteiger partial charge >= 0.3 is 0 Å². The highest BCUT2D eigenvalue weighted by atomic mass is 32.1. The number of nitrogens with two attached hydrogens (primary N) is 1. The molecule has 0 amide bonds. The van der Waals surface area contributed by atoms with Crippen LogP contribution in [0.4, 0.5) is 0 Å². The lowest BCUT2D eigenvalue weighted by Crippen LogP contribution is -2.40. The minimum atomic E-state index is -0.563. The van der Waals surface area contributed by atoms with Gasteiger partial charge in [0.1, 0.15) is 0 Å². The van der Waals surface area contributed by atoms with Crippen molar-refractivity contribution in [1.29, 1.82) is 0 Å². The van der Waals surface area contributed by atoms with E-state index in [0.717, 1.165) is 29.7 Å². The Bertz CT molecular complexity index is 761. The number of benzene rings is 1. The van der Waals surface area contributed by atoms with Crippen molar-refractivity contribution in [2.45, 2.75) is 65.3 Å². The van der Waals surface area contributed by atoms with E-state index >= 15 is 0 Å². The predicted octanol–water partition coefficient (Wildman–Crippen LogP) is 4.52. The Balaban J connectivity index is 1.89. The quantitative estimate of drug-likeness (QED) is 0.635. The van der Waals surface area contributed by atoms with Gasteiger partial charge < -0.3 is 10.8 Å². The van der Waals surface area contributed by atoms with E-state index in [-0.39, 0.29) is 12.4 Å². The molecule has 1 aromatic carbocycles. The smallest absolute Gasteiger partial charge is 0.172 e. The monoisotopic (exact) mass is 373 g/mol. The van der Waals surface area contributed by atoms with Crippen LogP contribution in [0.25, 0.3) is 0 Å². The molecular formula is C22H31NO2S. The Morgan fingerprint density at radius 2 is 1.85 bits per heavy atom. The summed E-state index contributed by atoms with van der Waals surface area (Å²) < 4.78 is 0. The van der Waals surface area contributed by atoms with Crippen LogP contribution in [-0.4, -0.2) is 23.0 Å². The molecule has 0 aliphatic rings. The molecule has 0 saturated carbocycles. The Hall–Kier alpha value is -1.49. The topological polar surface area (TPSA) is 63.3 Å². The minimum absolute atomic E-state index is 0.0261. The summed E-state index contributed by atoms with van der Waals surface area (Å²) >= 11 is 1.58. The van der Waals surface area contributed by atoms with Gasteiger partial charge in [-0.15, -0.1) is 11.3 Å². The molecule has 0 aliphatic heterocycles. The fourth-order valence-corrected chi connectivity index (χ4v) is 4.06. The lowest BCUT2D eigenvalue weighted by atomic mass is 9.97. The maximum absolute atomic E-state index is 12.5. The number of aliphatic hydroxyl groups is 1. The first-order valence-electron chi connectivity index (χ1n) is 9.30. The zero-order valence-corrected chi connectivity index (χ0v) is 17.2. The largest absolute Gasteiger partial charge is 0.394 e. The van der Waals surface area contributed by atoms with Crippen LogP contribution >= 0.6 is 11.3 Å². The third-order valence-electron chi connectivity index (χ3n) is 5.02. The van der Waals surface area contributed by atoms with Gasteiger partial charge in [-0.25, -0.2) is 0 Å². The third-order valence-corrected chi connectivity index (χ3v) is 6.36. The highest BCUT2D eigenvalue weighted by Crippen LogP contribution is 2.26. The van der Waals surface area contributed by atoms with Crippen molar-refractivity contribution < 1.29 is 9.90 Å². The number of carbonyl (C=O) groups is 1. The standard InChI is InChI=1S/C22H31NO2S/c1-15-8-9-18(12-16(15)2)6-5-7-19(25)21-13-17(3)20(26-21)10-11-22(4,23)14-24/h8-9,12-13,24H,5-7,10-11,14,23H2,1-4H3/t22-/m1/s1. The van der Waals surface area contributed by atoms with Crippen molar-refractivity contribution in [1.82, 2.24) is 0 Å². The number of rotatable bonds is 9. The van der Waals surface area contributed by atoms with Gasteiger partial charge in [0.25, 0.3) is 0 Å². The first-order chi connectivity index (χ1) is 12.2. The zero-order valence-electron chi connectivity index (χ0n) is 16.4. The van der Waals surface area contributed by atoms with Gasteiger partial charge in [-0.1, -0.05) is 18.2 Å². The van der Waals surface area contributed by atoms with Crippen LogP contribution in [0.3, 0.4) is 0 Å². The molecule has 3 nitrogen and oxygen atoms in total. The molecular weight excluding hydrogens is 342 g/mol. The first kappa shape index (κ1) is 20.8. The van der Waals surface area contributed by atoms with Crippen LogP contribution < -0.4 is 5.73 Å². The van der Waals surface area contributed by atoms with Crippen LogP contribution in [0.15, 0.2) is 24.3 Å². The Morgan fingerprint density at radius 3 is 2.50 bits per heavy atom. The van der Waals surface area contributed by atoms with Crippen molar-refractivity contribution in [2.75, 3.05) is 6.61 Å². The van der Waals surface area contributed by atoms with Gasteiger partial charge in [0, 0.05) is 16.8 Å². The summed E-state index contributed by atoms with van der Waals surface area (Å²) in [5.74, 6) is 0.228. The molecule has 1 heterocycles. The fraction of sp³-hybridized carbons (Fsp3) is 0.500. The molecule has 0 bridgehead atoms. The van der Waals surface area contributed by atoms with E-state index in [1.165, 1.54) is 21.6 Å². The van der Waals surface area contributed by atoms with E-state index in [9.17, 15) is 9.90 Å². The lowest BCUT2D eigenvalue weighted by molar-refractivity contribution is 0.0984. The SMILES string of the molecule is Cc1ccc(CCCC(=O)c2cc(C)c(CC[C@@](C)(N)CO)s2)cc1C. The van der Waals surface area contributed by atoms with Crippen molar-refractivity contribution in [3.63, 3.8) is 0 Å². The number of aliphatic hydroxyl groups excluding tert-OH is 1. The predicted molar refractivity (Wildman–Crippen MR) is 110 cm³/mol.